The summed E-state index contributed by atoms with van der Waals surface area (Å²) < 4.78 is 6.13. The highest BCUT2D eigenvalue weighted by molar-refractivity contribution is 9.10. The summed E-state index contributed by atoms with van der Waals surface area (Å²) in [6.07, 6.45) is 4.18. The Labute approximate surface area is 127 Å². The molecule has 1 aromatic carbocycles. The third-order valence-electron chi connectivity index (χ3n) is 3.30. The van der Waals surface area contributed by atoms with Gasteiger partial charge >= 0.3 is 0 Å². The molecule has 2 N–H and O–H groups in total. The number of hydrogen-bond donors (Lipinski definition) is 2. The second-order valence-corrected chi connectivity index (χ2v) is 5.58. The van der Waals surface area contributed by atoms with E-state index in [9.17, 15) is 4.79 Å². The minimum atomic E-state index is -0.0936. The number of amides is 1. The maximum absolute atomic E-state index is 12.1. The molecule has 1 aromatic rings. The Bertz CT molecular complexity index is 515. The summed E-state index contributed by atoms with van der Waals surface area (Å²) in [6.45, 7) is 2.62. The minimum Gasteiger partial charge on any atom is -0.496 e. The first-order valence-electron chi connectivity index (χ1n) is 6.71. The molecule has 0 radical (unpaired) electrons. The van der Waals surface area contributed by atoms with Crippen LogP contribution in [-0.2, 0) is 0 Å². The molecular formula is C15H19BrN2O2. The Balaban J connectivity index is 1.90. The smallest absolute Gasteiger partial charge is 0.255 e. The number of carbonyl (C=O) groups is 1. The summed E-state index contributed by atoms with van der Waals surface area (Å²) in [7, 11) is 1.57. The van der Waals surface area contributed by atoms with Gasteiger partial charge in [-0.15, -0.1) is 0 Å². The summed E-state index contributed by atoms with van der Waals surface area (Å²) in [5.41, 5.74) is 1.97. The van der Waals surface area contributed by atoms with E-state index in [4.69, 9.17) is 4.74 Å². The van der Waals surface area contributed by atoms with Gasteiger partial charge in [-0.3, -0.25) is 4.79 Å². The number of benzene rings is 1. The average molecular weight is 339 g/mol. The standard InChI is InChI=1S/C15H19BrN2O2/c1-20-14-10-12(16)2-3-13(14)15(19)18-9-6-11-4-7-17-8-5-11/h2-4,10,17H,5-9H2,1H3,(H,18,19). The molecule has 2 rings (SSSR count). The zero-order valence-electron chi connectivity index (χ0n) is 11.5. The van der Waals surface area contributed by atoms with Gasteiger partial charge in [0.2, 0.25) is 0 Å². The summed E-state index contributed by atoms with van der Waals surface area (Å²) in [5.74, 6) is 0.488. The van der Waals surface area contributed by atoms with Crippen molar-refractivity contribution in [2.24, 2.45) is 0 Å². The fourth-order valence-corrected chi connectivity index (χ4v) is 2.52. The second-order valence-electron chi connectivity index (χ2n) is 4.67. The number of nitrogens with one attached hydrogen (secondary N) is 2. The number of hydrogen-bond acceptors (Lipinski definition) is 3. The lowest BCUT2D eigenvalue weighted by atomic mass is 10.1. The molecule has 0 aliphatic carbocycles. The summed E-state index contributed by atoms with van der Waals surface area (Å²) in [6, 6.07) is 5.40. The van der Waals surface area contributed by atoms with Gasteiger partial charge in [0.15, 0.2) is 0 Å². The van der Waals surface area contributed by atoms with Crippen LogP contribution in [-0.4, -0.2) is 32.7 Å². The molecule has 0 bridgehead atoms. The van der Waals surface area contributed by atoms with Gasteiger partial charge in [0.25, 0.3) is 5.91 Å². The number of rotatable bonds is 5. The van der Waals surface area contributed by atoms with Gasteiger partial charge in [-0.25, -0.2) is 0 Å². The van der Waals surface area contributed by atoms with E-state index in [1.807, 2.05) is 6.07 Å². The SMILES string of the molecule is COc1cc(Br)ccc1C(=O)NCCC1=CCNCC1. The van der Waals surface area contributed by atoms with Crippen LogP contribution >= 0.6 is 15.9 Å². The molecule has 0 unspecified atom stereocenters. The van der Waals surface area contributed by atoms with Crippen LogP contribution in [0.4, 0.5) is 0 Å². The van der Waals surface area contributed by atoms with Crippen molar-refractivity contribution >= 4 is 21.8 Å². The largest absolute Gasteiger partial charge is 0.496 e. The maximum atomic E-state index is 12.1. The van der Waals surface area contributed by atoms with Crippen molar-refractivity contribution in [2.45, 2.75) is 12.8 Å². The van der Waals surface area contributed by atoms with Crippen LogP contribution in [0, 0.1) is 0 Å². The molecule has 1 heterocycles. The van der Waals surface area contributed by atoms with Gasteiger partial charge in [-0.2, -0.15) is 0 Å². The van der Waals surface area contributed by atoms with Crippen LogP contribution in [0.5, 0.6) is 5.75 Å². The molecule has 0 saturated carbocycles. The fraction of sp³-hybridized carbons (Fsp3) is 0.400. The normalized spacial score (nSPS) is 14.6. The summed E-state index contributed by atoms with van der Waals surface area (Å²) in [4.78, 5) is 12.1. The van der Waals surface area contributed by atoms with E-state index in [0.29, 0.717) is 17.9 Å². The van der Waals surface area contributed by atoms with Gasteiger partial charge < -0.3 is 15.4 Å². The molecule has 0 fully saturated rings. The molecule has 0 atom stereocenters. The van der Waals surface area contributed by atoms with Crippen LogP contribution in [0.25, 0.3) is 0 Å². The minimum absolute atomic E-state index is 0.0936. The van der Waals surface area contributed by atoms with Gasteiger partial charge in [0.1, 0.15) is 5.75 Å². The van der Waals surface area contributed by atoms with Crippen LogP contribution < -0.4 is 15.4 Å². The quantitative estimate of drug-likeness (QED) is 0.811. The van der Waals surface area contributed by atoms with Gasteiger partial charge in [-0.1, -0.05) is 27.6 Å². The third-order valence-corrected chi connectivity index (χ3v) is 3.79. The highest BCUT2D eigenvalue weighted by Crippen LogP contribution is 2.23. The van der Waals surface area contributed by atoms with Crippen LogP contribution in [0.1, 0.15) is 23.2 Å². The predicted octanol–water partition coefficient (Wildman–Crippen LogP) is 2.50. The van der Waals surface area contributed by atoms with Crippen molar-refractivity contribution in [2.75, 3.05) is 26.7 Å². The number of methoxy groups -OCH3 is 1. The monoisotopic (exact) mass is 338 g/mol. The highest BCUT2D eigenvalue weighted by Gasteiger charge is 2.12. The number of carbonyl (C=O) groups excluding carboxylic acids is 1. The van der Waals surface area contributed by atoms with Crippen molar-refractivity contribution in [3.8, 4) is 5.75 Å². The van der Waals surface area contributed by atoms with Crippen molar-refractivity contribution in [3.05, 3.63) is 39.9 Å². The van der Waals surface area contributed by atoms with Gasteiger partial charge in [-0.05, 0) is 37.6 Å². The van der Waals surface area contributed by atoms with Gasteiger partial charge in [0.05, 0.1) is 12.7 Å². The van der Waals surface area contributed by atoms with Crippen LogP contribution in [0.2, 0.25) is 0 Å². The molecule has 0 aromatic heterocycles. The Morgan fingerprint density at radius 3 is 3.05 bits per heavy atom. The zero-order valence-corrected chi connectivity index (χ0v) is 13.1. The van der Waals surface area contributed by atoms with E-state index in [-0.39, 0.29) is 5.91 Å². The van der Waals surface area contributed by atoms with E-state index < -0.39 is 0 Å². The van der Waals surface area contributed by atoms with Gasteiger partial charge in [0, 0.05) is 17.6 Å². The maximum Gasteiger partial charge on any atom is 0.255 e. The topological polar surface area (TPSA) is 50.4 Å². The van der Waals surface area contributed by atoms with Crippen molar-refractivity contribution < 1.29 is 9.53 Å². The van der Waals surface area contributed by atoms with Crippen molar-refractivity contribution in [3.63, 3.8) is 0 Å². The first-order chi connectivity index (χ1) is 9.70. The summed E-state index contributed by atoms with van der Waals surface area (Å²) >= 11 is 3.37. The molecule has 0 spiro atoms. The molecular weight excluding hydrogens is 320 g/mol. The number of halogens is 1. The molecule has 1 aliphatic rings. The van der Waals surface area contributed by atoms with Crippen LogP contribution in [0.3, 0.4) is 0 Å². The second kappa shape index (κ2) is 7.45. The Hall–Kier alpha value is -1.33. The van der Waals surface area contributed by atoms with E-state index >= 15 is 0 Å². The lowest BCUT2D eigenvalue weighted by Gasteiger charge is -2.14. The first kappa shape index (κ1) is 15.1. The fourth-order valence-electron chi connectivity index (χ4n) is 2.18. The highest BCUT2D eigenvalue weighted by atomic mass is 79.9. The first-order valence-corrected chi connectivity index (χ1v) is 7.50. The molecule has 1 aliphatic heterocycles. The molecule has 1 amide bonds. The lowest BCUT2D eigenvalue weighted by Crippen LogP contribution is -2.27. The Morgan fingerprint density at radius 2 is 2.35 bits per heavy atom. The third kappa shape index (κ3) is 4.08. The average Bonchev–Trinajstić information content (AvgIpc) is 2.48. The predicted molar refractivity (Wildman–Crippen MR) is 83.2 cm³/mol. The van der Waals surface area contributed by atoms with E-state index in [1.165, 1.54) is 5.57 Å². The Kier molecular flexibility index (Phi) is 5.61. The molecule has 0 saturated heterocycles. The van der Waals surface area contributed by atoms with E-state index in [1.54, 1.807) is 19.2 Å². The number of ether oxygens (including phenoxy) is 1. The summed E-state index contributed by atoms with van der Waals surface area (Å²) in [5, 5.41) is 6.22. The lowest BCUT2D eigenvalue weighted by molar-refractivity contribution is 0.0951. The Morgan fingerprint density at radius 1 is 1.50 bits per heavy atom. The zero-order chi connectivity index (χ0) is 14.4. The molecule has 108 valence electrons. The van der Waals surface area contributed by atoms with Crippen molar-refractivity contribution in [1.82, 2.24) is 10.6 Å². The van der Waals surface area contributed by atoms with E-state index in [0.717, 1.165) is 30.4 Å². The molecule has 5 heteroatoms. The van der Waals surface area contributed by atoms with E-state index in [2.05, 4.69) is 32.6 Å². The van der Waals surface area contributed by atoms with Crippen molar-refractivity contribution in [1.29, 1.82) is 0 Å². The molecule has 20 heavy (non-hydrogen) atoms. The molecule has 4 nitrogen and oxygen atoms in total. The van der Waals surface area contributed by atoms with Crippen LogP contribution in [0.15, 0.2) is 34.3 Å².